The number of aryl methyl sites for hydroxylation is 1. The Morgan fingerprint density at radius 3 is 2.41 bits per heavy atom. The molecule has 0 bridgehead atoms. The van der Waals surface area contributed by atoms with Crippen molar-refractivity contribution in [2.24, 2.45) is 7.05 Å². The molecule has 0 fully saturated rings. The third kappa shape index (κ3) is 4.27. The molecule has 0 N–H and O–H groups in total. The minimum atomic E-state index is -0.651. The van der Waals surface area contributed by atoms with Crippen molar-refractivity contribution >= 4 is 16.7 Å². The molecule has 0 radical (unpaired) electrons. The molecule has 2 aromatic heterocycles. The van der Waals surface area contributed by atoms with E-state index in [0.717, 1.165) is 0 Å². The van der Waals surface area contributed by atoms with E-state index in [9.17, 15) is 14.0 Å². The van der Waals surface area contributed by atoms with Crippen molar-refractivity contribution in [2.75, 3.05) is 0 Å². The summed E-state index contributed by atoms with van der Waals surface area (Å²) in [4.78, 5) is 32.0. The number of amides is 1. The summed E-state index contributed by atoms with van der Waals surface area (Å²) in [6, 6.07) is 19.0. The maximum Gasteiger partial charge on any atom is 0.274 e. The zero-order chi connectivity index (χ0) is 22.7. The van der Waals surface area contributed by atoms with Crippen molar-refractivity contribution in [3.8, 4) is 0 Å². The summed E-state index contributed by atoms with van der Waals surface area (Å²) < 4.78 is 15.6. The van der Waals surface area contributed by atoms with E-state index in [-0.39, 0.29) is 30.4 Å². The van der Waals surface area contributed by atoms with Crippen LogP contribution in [0.5, 0.6) is 0 Å². The van der Waals surface area contributed by atoms with Gasteiger partial charge in [-0.3, -0.25) is 14.6 Å². The lowest BCUT2D eigenvalue weighted by Crippen LogP contribution is -2.35. The highest BCUT2D eigenvalue weighted by atomic mass is 19.1. The Hall–Kier alpha value is -3.87. The van der Waals surface area contributed by atoms with Crippen LogP contribution in [-0.2, 0) is 24.9 Å². The molecule has 1 unspecified atom stereocenters. The molecule has 0 saturated carbocycles. The van der Waals surface area contributed by atoms with Gasteiger partial charge in [0.2, 0.25) is 5.91 Å². The largest absolute Gasteiger partial charge is 0.332 e. The van der Waals surface area contributed by atoms with Crippen LogP contribution < -0.4 is 5.56 Å². The molecular weight excluding hydrogens is 407 g/mol. The van der Waals surface area contributed by atoms with E-state index in [1.807, 2.05) is 18.2 Å². The Labute approximate surface area is 185 Å². The van der Waals surface area contributed by atoms with E-state index in [4.69, 9.17) is 0 Å². The fourth-order valence-corrected chi connectivity index (χ4v) is 3.77. The van der Waals surface area contributed by atoms with Crippen molar-refractivity contribution in [1.29, 1.82) is 0 Å². The van der Waals surface area contributed by atoms with E-state index >= 15 is 0 Å². The molecular formula is C25H23FN4O2. The number of carbonyl (C=O) groups excluding carboxylic acids is 1. The van der Waals surface area contributed by atoms with Gasteiger partial charge in [0.25, 0.3) is 5.56 Å². The van der Waals surface area contributed by atoms with E-state index in [2.05, 4.69) is 10.1 Å². The van der Waals surface area contributed by atoms with Crippen LogP contribution in [0.1, 0.15) is 29.8 Å². The number of hydrogen-bond acceptors (Lipinski definition) is 4. The second-order valence-electron chi connectivity index (χ2n) is 7.69. The number of nitrogens with zero attached hydrogens (tertiary/aromatic N) is 4. The maximum atomic E-state index is 14.4. The first kappa shape index (κ1) is 21.4. The van der Waals surface area contributed by atoms with E-state index in [0.29, 0.717) is 27.7 Å². The smallest absolute Gasteiger partial charge is 0.274 e. The molecule has 0 spiro atoms. The second-order valence-corrected chi connectivity index (χ2v) is 7.69. The Bertz CT molecular complexity index is 1320. The number of pyridine rings is 1. The molecule has 4 aromatic rings. The Morgan fingerprint density at radius 2 is 1.69 bits per heavy atom. The van der Waals surface area contributed by atoms with Gasteiger partial charge in [0.05, 0.1) is 29.2 Å². The minimum absolute atomic E-state index is 0.0934. The van der Waals surface area contributed by atoms with Crippen LogP contribution in [0.25, 0.3) is 10.8 Å². The summed E-state index contributed by atoms with van der Waals surface area (Å²) >= 11 is 0. The maximum absolute atomic E-state index is 14.4. The summed E-state index contributed by atoms with van der Waals surface area (Å²) in [6.45, 7) is 2.08. The van der Waals surface area contributed by atoms with Gasteiger partial charge in [-0.25, -0.2) is 9.07 Å². The predicted molar refractivity (Wildman–Crippen MR) is 120 cm³/mol. The molecule has 2 aromatic carbocycles. The summed E-state index contributed by atoms with van der Waals surface area (Å²) in [5, 5.41) is 5.55. The van der Waals surface area contributed by atoms with Crippen LogP contribution in [0.2, 0.25) is 0 Å². The first-order valence-electron chi connectivity index (χ1n) is 10.3. The average Bonchev–Trinajstić information content (AvgIpc) is 2.82. The fraction of sp³-hybridized carbons (Fsp3) is 0.200. The third-order valence-corrected chi connectivity index (χ3v) is 5.48. The van der Waals surface area contributed by atoms with Gasteiger partial charge in [-0.15, -0.1) is 0 Å². The van der Waals surface area contributed by atoms with Gasteiger partial charge in [0, 0.05) is 30.7 Å². The zero-order valence-corrected chi connectivity index (χ0v) is 17.9. The molecule has 2 heterocycles. The van der Waals surface area contributed by atoms with Crippen LogP contribution in [0.15, 0.2) is 77.7 Å². The van der Waals surface area contributed by atoms with E-state index in [1.54, 1.807) is 67.5 Å². The first-order chi connectivity index (χ1) is 15.5. The molecule has 0 saturated heterocycles. The van der Waals surface area contributed by atoms with E-state index < -0.39 is 5.92 Å². The topological polar surface area (TPSA) is 68.1 Å². The number of aromatic nitrogens is 3. The van der Waals surface area contributed by atoms with Crippen molar-refractivity contribution in [2.45, 2.75) is 25.9 Å². The van der Waals surface area contributed by atoms with Crippen molar-refractivity contribution < 1.29 is 9.18 Å². The molecule has 4 rings (SSSR count). The van der Waals surface area contributed by atoms with Crippen LogP contribution >= 0.6 is 0 Å². The number of benzene rings is 2. The van der Waals surface area contributed by atoms with Crippen molar-refractivity contribution in [1.82, 2.24) is 19.7 Å². The average molecular weight is 430 g/mol. The van der Waals surface area contributed by atoms with Crippen LogP contribution in [0, 0.1) is 5.82 Å². The Morgan fingerprint density at radius 1 is 1.00 bits per heavy atom. The van der Waals surface area contributed by atoms with Gasteiger partial charge in [0.15, 0.2) is 0 Å². The van der Waals surface area contributed by atoms with Gasteiger partial charge in [-0.2, -0.15) is 5.10 Å². The number of carbonyl (C=O) groups is 1. The lowest BCUT2D eigenvalue weighted by atomic mass is 9.99. The molecule has 0 aliphatic heterocycles. The lowest BCUT2D eigenvalue weighted by Gasteiger charge is -2.26. The normalized spacial score (nSPS) is 12.0. The summed E-state index contributed by atoms with van der Waals surface area (Å²) in [5.74, 6) is -1.25. The number of hydrogen-bond donors (Lipinski definition) is 0. The highest BCUT2D eigenvalue weighted by Gasteiger charge is 2.27. The number of rotatable bonds is 6. The van der Waals surface area contributed by atoms with Gasteiger partial charge in [-0.1, -0.05) is 42.5 Å². The molecule has 6 nitrogen and oxygen atoms in total. The quantitative estimate of drug-likeness (QED) is 0.467. The Kier molecular flexibility index (Phi) is 6.07. The zero-order valence-electron chi connectivity index (χ0n) is 17.9. The van der Waals surface area contributed by atoms with Crippen LogP contribution in [0.4, 0.5) is 4.39 Å². The van der Waals surface area contributed by atoms with Gasteiger partial charge in [-0.05, 0) is 31.2 Å². The van der Waals surface area contributed by atoms with E-state index in [1.165, 1.54) is 10.7 Å². The van der Waals surface area contributed by atoms with Crippen LogP contribution in [-0.4, -0.2) is 25.6 Å². The fourth-order valence-electron chi connectivity index (χ4n) is 3.77. The third-order valence-electron chi connectivity index (χ3n) is 5.48. The summed E-state index contributed by atoms with van der Waals surface area (Å²) in [6.07, 6.45) is 1.66. The highest BCUT2D eigenvalue weighted by molar-refractivity contribution is 5.91. The molecule has 32 heavy (non-hydrogen) atoms. The monoisotopic (exact) mass is 430 g/mol. The summed E-state index contributed by atoms with van der Waals surface area (Å²) in [7, 11) is 1.57. The number of halogens is 1. The standard InChI is InChI=1S/C25H23FN4O2/c1-17(23-20-11-4-5-12-21(20)25(32)29(2)28-23)24(31)30(16-19-10-7-8-14-27-19)15-18-9-3-6-13-22(18)26/h3-14,17H,15-16H2,1-2H3. The molecule has 0 aliphatic rings. The highest BCUT2D eigenvalue weighted by Crippen LogP contribution is 2.25. The molecule has 1 amide bonds. The second kappa shape index (κ2) is 9.09. The SMILES string of the molecule is CC(C(=O)N(Cc1ccccn1)Cc1ccccc1F)c1nn(C)c(=O)c2ccccc12. The molecule has 0 aliphatic carbocycles. The van der Waals surface area contributed by atoms with Gasteiger partial charge < -0.3 is 4.90 Å². The first-order valence-corrected chi connectivity index (χ1v) is 10.3. The van der Waals surface area contributed by atoms with Gasteiger partial charge in [0.1, 0.15) is 5.82 Å². The molecule has 162 valence electrons. The van der Waals surface area contributed by atoms with Crippen molar-refractivity contribution in [3.05, 3.63) is 106 Å². The predicted octanol–water partition coefficient (Wildman–Crippen LogP) is 3.80. The number of fused-ring (bicyclic) bond motifs is 1. The van der Waals surface area contributed by atoms with Gasteiger partial charge >= 0.3 is 0 Å². The lowest BCUT2D eigenvalue weighted by molar-refractivity contribution is -0.133. The summed E-state index contributed by atoms with van der Waals surface area (Å²) in [5.41, 5.74) is 1.40. The minimum Gasteiger partial charge on any atom is -0.332 e. The molecule has 7 heteroatoms. The molecule has 1 atom stereocenters. The Balaban J connectivity index is 1.73. The van der Waals surface area contributed by atoms with Crippen LogP contribution in [0.3, 0.4) is 0 Å². The van der Waals surface area contributed by atoms with Crippen molar-refractivity contribution in [3.63, 3.8) is 0 Å².